The molecule has 6 nitrogen and oxygen atoms in total. The highest BCUT2D eigenvalue weighted by Crippen LogP contribution is 2.12. The van der Waals surface area contributed by atoms with E-state index in [1.165, 1.54) is 0 Å². The van der Waals surface area contributed by atoms with Gasteiger partial charge in [0, 0.05) is 18.1 Å². The molecule has 0 aliphatic heterocycles. The maximum atomic E-state index is 12.0. The minimum atomic E-state index is -0.360. The topological polar surface area (TPSA) is 88.2 Å². The van der Waals surface area contributed by atoms with E-state index in [1.54, 1.807) is 25.1 Å². The Morgan fingerprint density at radius 3 is 2.85 bits per heavy atom. The molecule has 2 aromatic rings. The van der Waals surface area contributed by atoms with Gasteiger partial charge < -0.3 is 9.52 Å². The Kier molecular flexibility index (Phi) is 4.13. The van der Waals surface area contributed by atoms with Crippen LogP contribution in [-0.2, 0) is 0 Å². The summed E-state index contributed by atoms with van der Waals surface area (Å²) in [5.41, 5.74) is 2.04. The van der Waals surface area contributed by atoms with Gasteiger partial charge in [-0.2, -0.15) is 0 Å². The number of benzene rings is 1. The van der Waals surface area contributed by atoms with Gasteiger partial charge in [-0.25, -0.2) is 0 Å². The van der Waals surface area contributed by atoms with E-state index in [2.05, 4.69) is 27.4 Å². The summed E-state index contributed by atoms with van der Waals surface area (Å²) in [7, 11) is 0. The van der Waals surface area contributed by atoms with Crippen molar-refractivity contribution in [3.05, 3.63) is 40.8 Å². The van der Waals surface area contributed by atoms with Crippen LogP contribution in [0.15, 0.2) is 22.6 Å². The second-order valence-corrected chi connectivity index (χ2v) is 4.07. The molecule has 0 atom stereocenters. The summed E-state index contributed by atoms with van der Waals surface area (Å²) in [4.78, 5) is 12.0. The van der Waals surface area contributed by atoms with Crippen molar-refractivity contribution in [1.82, 2.24) is 10.2 Å². The van der Waals surface area contributed by atoms with Crippen LogP contribution < -0.4 is 5.32 Å². The molecule has 102 valence electrons. The van der Waals surface area contributed by atoms with E-state index in [-0.39, 0.29) is 18.5 Å². The van der Waals surface area contributed by atoms with Crippen molar-refractivity contribution < 1.29 is 14.3 Å². The van der Waals surface area contributed by atoms with Crippen molar-refractivity contribution in [2.75, 3.05) is 11.9 Å². The quantitative estimate of drug-likeness (QED) is 0.803. The molecule has 1 amide bonds. The Bertz CT molecular complexity index is 695. The lowest BCUT2D eigenvalue weighted by Gasteiger charge is -2.03. The van der Waals surface area contributed by atoms with E-state index in [0.29, 0.717) is 17.0 Å². The SMILES string of the molecule is Cc1nnc(NC(=O)c2ccc(C)c(C#CCO)c2)o1. The van der Waals surface area contributed by atoms with Crippen molar-refractivity contribution in [2.45, 2.75) is 13.8 Å². The van der Waals surface area contributed by atoms with Crippen molar-refractivity contribution in [1.29, 1.82) is 0 Å². The van der Waals surface area contributed by atoms with Gasteiger partial charge in [0.05, 0.1) is 0 Å². The van der Waals surface area contributed by atoms with Crippen molar-refractivity contribution in [3.8, 4) is 11.8 Å². The third kappa shape index (κ3) is 3.22. The summed E-state index contributed by atoms with van der Waals surface area (Å²) in [6, 6.07) is 5.17. The van der Waals surface area contributed by atoms with Crippen LogP contribution in [0.3, 0.4) is 0 Å². The average molecular weight is 271 g/mol. The Morgan fingerprint density at radius 2 is 2.20 bits per heavy atom. The molecule has 6 heteroatoms. The summed E-state index contributed by atoms with van der Waals surface area (Å²) in [6.45, 7) is 3.29. The molecule has 0 saturated carbocycles. The monoisotopic (exact) mass is 271 g/mol. The maximum absolute atomic E-state index is 12.0. The molecule has 0 unspecified atom stereocenters. The first-order chi connectivity index (χ1) is 9.60. The molecule has 1 aromatic heterocycles. The molecule has 0 radical (unpaired) electrons. The average Bonchev–Trinajstić information content (AvgIpc) is 2.83. The van der Waals surface area contributed by atoms with Crippen LogP contribution in [0.1, 0.15) is 27.4 Å². The number of hydrogen-bond donors (Lipinski definition) is 2. The third-order valence-electron chi connectivity index (χ3n) is 2.55. The minimum Gasteiger partial charge on any atom is -0.408 e. The Hall–Kier alpha value is -2.65. The van der Waals surface area contributed by atoms with Crippen LogP contribution in [-0.4, -0.2) is 27.8 Å². The summed E-state index contributed by atoms with van der Waals surface area (Å²) >= 11 is 0. The molecule has 2 rings (SSSR count). The molecule has 0 aliphatic carbocycles. The van der Waals surface area contributed by atoms with Gasteiger partial charge in [0.1, 0.15) is 6.61 Å². The highest BCUT2D eigenvalue weighted by atomic mass is 16.4. The Balaban J connectivity index is 2.22. The molecule has 0 saturated heterocycles. The van der Waals surface area contributed by atoms with Gasteiger partial charge in [-0.05, 0) is 24.6 Å². The molecule has 2 N–H and O–H groups in total. The van der Waals surface area contributed by atoms with E-state index < -0.39 is 0 Å². The fourth-order valence-electron chi connectivity index (χ4n) is 1.55. The zero-order valence-electron chi connectivity index (χ0n) is 11.1. The lowest BCUT2D eigenvalue weighted by atomic mass is 10.0. The standard InChI is InChI=1S/C14H13N3O3/c1-9-5-6-12(8-11(9)4-3-7-18)13(19)15-14-17-16-10(2)20-14/h5-6,8,18H,7H2,1-2H3,(H,15,17,19). The van der Waals surface area contributed by atoms with E-state index in [9.17, 15) is 4.79 Å². The fraction of sp³-hybridized carbons (Fsp3) is 0.214. The van der Waals surface area contributed by atoms with Gasteiger partial charge in [0.2, 0.25) is 5.89 Å². The lowest BCUT2D eigenvalue weighted by Crippen LogP contribution is -2.12. The van der Waals surface area contributed by atoms with Gasteiger partial charge >= 0.3 is 6.01 Å². The van der Waals surface area contributed by atoms with Gasteiger partial charge in [-0.15, -0.1) is 5.10 Å². The normalized spacial score (nSPS) is 9.75. The lowest BCUT2D eigenvalue weighted by molar-refractivity contribution is 0.102. The first-order valence-electron chi connectivity index (χ1n) is 5.92. The molecule has 20 heavy (non-hydrogen) atoms. The second kappa shape index (κ2) is 5.99. The molecular weight excluding hydrogens is 258 g/mol. The number of nitrogens with zero attached hydrogens (tertiary/aromatic N) is 2. The van der Waals surface area contributed by atoms with Crippen LogP contribution in [0.4, 0.5) is 6.01 Å². The summed E-state index contributed by atoms with van der Waals surface area (Å²) < 4.78 is 5.08. The zero-order valence-corrected chi connectivity index (χ0v) is 11.1. The first-order valence-corrected chi connectivity index (χ1v) is 5.92. The van der Waals surface area contributed by atoms with Crippen LogP contribution in [0.5, 0.6) is 0 Å². The van der Waals surface area contributed by atoms with Crippen molar-refractivity contribution in [2.24, 2.45) is 0 Å². The van der Waals surface area contributed by atoms with E-state index in [0.717, 1.165) is 5.56 Å². The Labute approximate surface area is 115 Å². The number of aliphatic hydroxyl groups excluding tert-OH is 1. The number of aromatic nitrogens is 2. The smallest absolute Gasteiger partial charge is 0.322 e. The largest absolute Gasteiger partial charge is 0.408 e. The molecule has 1 heterocycles. The van der Waals surface area contributed by atoms with Gasteiger partial charge in [0.15, 0.2) is 0 Å². The van der Waals surface area contributed by atoms with Crippen molar-refractivity contribution in [3.63, 3.8) is 0 Å². The van der Waals surface area contributed by atoms with Crippen LogP contribution in [0.25, 0.3) is 0 Å². The number of aliphatic hydroxyl groups is 1. The number of carbonyl (C=O) groups is 1. The molecule has 1 aromatic carbocycles. The Morgan fingerprint density at radius 1 is 1.40 bits per heavy atom. The number of anilines is 1. The minimum absolute atomic E-state index is 0.0519. The second-order valence-electron chi connectivity index (χ2n) is 4.07. The van der Waals surface area contributed by atoms with Gasteiger partial charge in [0.25, 0.3) is 5.91 Å². The van der Waals surface area contributed by atoms with Crippen LogP contribution in [0, 0.1) is 25.7 Å². The predicted molar refractivity (Wildman–Crippen MR) is 72.1 cm³/mol. The van der Waals surface area contributed by atoms with Gasteiger partial charge in [-0.1, -0.05) is 23.0 Å². The van der Waals surface area contributed by atoms with E-state index in [1.807, 2.05) is 6.92 Å². The number of carbonyl (C=O) groups excluding carboxylic acids is 1. The molecule has 0 spiro atoms. The molecule has 0 bridgehead atoms. The third-order valence-corrected chi connectivity index (χ3v) is 2.55. The fourth-order valence-corrected chi connectivity index (χ4v) is 1.55. The zero-order chi connectivity index (χ0) is 14.5. The highest BCUT2D eigenvalue weighted by molar-refractivity contribution is 6.03. The first kappa shape index (κ1) is 13.8. The number of rotatable bonds is 2. The van der Waals surface area contributed by atoms with E-state index in [4.69, 9.17) is 9.52 Å². The number of hydrogen-bond acceptors (Lipinski definition) is 5. The number of aryl methyl sites for hydroxylation is 2. The molecule has 0 aliphatic rings. The van der Waals surface area contributed by atoms with Crippen LogP contribution in [0.2, 0.25) is 0 Å². The van der Waals surface area contributed by atoms with Gasteiger partial charge in [-0.3, -0.25) is 10.1 Å². The summed E-state index contributed by atoms with van der Waals surface area (Å²) in [5.74, 6) is 5.37. The molecule has 0 fully saturated rings. The number of amides is 1. The predicted octanol–water partition coefficient (Wildman–Crippen LogP) is 1.28. The maximum Gasteiger partial charge on any atom is 0.322 e. The number of nitrogens with one attached hydrogen (secondary N) is 1. The van der Waals surface area contributed by atoms with Crippen molar-refractivity contribution >= 4 is 11.9 Å². The summed E-state index contributed by atoms with van der Waals surface area (Å²) in [5, 5.41) is 18.5. The van der Waals surface area contributed by atoms with Crippen LogP contribution >= 0.6 is 0 Å². The van der Waals surface area contributed by atoms with E-state index >= 15 is 0 Å². The summed E-state index contributed by atoms with van der Waals surface area (Å²) in [6.07, 6.45) is 0. The highest BCUT2D eigenvalue weighted by Gasteiger charge is 2.11. The molecular formula is C14H13N3O3.